The van der Waals surface area contributed by atoms with E-state index in [2.05, 4.69) is 10.3 Å². The van der Waals surface area contributed by atoms with Crippen LogP contribution in [0.15, 0.2) is 54.9 Å². The van der Waals surface area contributed by atoms with Crippen LogP contribution >= 0.6 is 0 Å². The Hall–Kier alpha value is -3.69. The third kappa shape index (κ3) is 6.76. The van der Waals surface area contributed by atoms with E-state index in [1.165, 1.54) is 36.4 Å². The molecule has 152 valence electrons. The zero-order valence-corrected chi connectivity index (χ0v) is 14.9. The molecule has 2 N–H and O–H groups in total. The van der Waals surface area contributed by atoms with Crippen molar-refractivity contribution >= 4 is 29.5 Å². The first kappa shape index (κ1) is 21.6. The average molecular weight is 407 g/mol. The van der Waals surface area contributed by atoms with Gasteiger partial charge in [0.2, 0.25) is 5.91 Å². The van der Waals surface area contributed by atoms with Gasteiger partial charge < -0.3 is 10.4 Å². The van der Waals surface area contributed by atoms with Crippen LogP contribution in [0.1, 0.15) is 11.1 Å². The van der Waals surface area contributed by atoms with Gasteiger partial charge in [0.15, 0.2) is 0 Å². The molecule has 0 radical (unpaired) electrons. The predicted octanol–water partition coefficient (Wildman–Crippen LogP) is 2.39. The Kier molecular flexibility index (Phi) is 7.07. The van der Waals surface area contributed by atoms with Gasteiger partial charge in [-0.3, -0.25) is 24.3 Å². The molecule has 2 aromatic rings. The van der Waals surface area contributed by atoms with Crippen molar-refractivity contribution in [1.82, 2.24) is 10.3 Å². The molecule has 1 heterocycles. The van der Waals surface area contributed by atoms with Crippen molar-refractivity contribution in [2.45, 2.75) is 12.7 Å². The van der Waals surface area contributed by atoms with Crippen LogP contribution in [0.25, 0.3) is 6.08 Å². The number of amides is 2. The highest BCUT2D eigenvalue weighted by atomic mass is 19.4. The highest BCUT2D eigenvalue weighted by Crippen LogP contribution is 2.24. The fourth-order valence-corrected chi connectivity index (χ4v) is 2.26. The van der Waals surface area contributed by atoms with E-state index in [1.54, 1.807) is 24.5 Å². The summed E-state index contributed by atoms with van der Waals surface area (Å²) in [6.07, 6.45) is 0.666. The molecule has 0 aliphatic carbocycles. The van der Waals surface area contributed by atoms with Gasteiger partial charge in [0.25, 0.3) is 0 Å². The van der Waals surface area contributed by atoms with Crippen molar-refractivity contribution in [3.8, 4) is 0 Å². The first-order chi connectivity index (χ1) is 13.7. The molecule has 2 rings (SSSR count). The number of carboxylic acids is 1. The van der Waals surface area contributed by atoms with Gasteiger partial charge in [-0.15, -0.1) is 0 Å². The molecule has 0 unspecified atom stereocenters. The number of pyridine rings is 1. The maximum Gasteiger partial charge on any atom is 0.471 e. The average Bonchev–Trinajstić information content (AvgIpc) is 2.69. The molecule has 7 nitrogen and oxygen atoms in total. The van der Waals surface area contributed by atoms with Crippen molar-refractivity contribution in [3.05, 3.63) is 66.0 Å². The van der Waals surface area contributed by atoms with Crippen LogP contribution in [-0.4, -0.2) is 40.6 Å². The van der Waals surface area contributed by atoms with Gasteiger partial charge in [0.1, 0.15) is 6.54 Å². The SMILES string of the molecule is O=C(O)CN(C(=O)C(F)(F)F)c1ccc(/C=C/C(=O)NCc2cccnc2)cc1. The Bertz CT molecular complexity index is 897. The van der Waals surface area contributed by atoms with E-state index in [0.29, 0.717) is 5.56 Å². The van der Waals surface area contributed by atoms with Crippen molar-refractivity contribution in [2.75, 3.05) is 11.4 Å². The van der Waals surface area contributed by atoms with Gasteiger partial charge in [-0.05, 0) is 35.4 Å². The third-order valence-electron chi connectivity index (χ3n) is 3.60. The van der Waals surface area contributed by atoms with Crippen LogP contribution in [0, 0.1) is 0 Å². The highest BCUT2D eigenvalue weighted by Gasteiger charge is 2.43. The number of carbonyl (C=O) groups excluding carboxylic acids is 2. The van der Waals surface area contributed by atoms with E-state index in [9.17, 15) is 27.6 Å². The molecule has 0 spiro atoms. The lowest BCUT2D eigenvalue weighted by Crippen LogP contribution is -2.44. The van der Waals surface area contributed by atoms with Crippen molar-refractivity contribution in [1.29, 1.82) is 0 Å². The lowest BCUT2D eigenvalue weighted by molar-refractivity contribution is -0.170. The summed E-state index contributed by atoms with van der Waals surface area (Å²) in [5, 5.41) is 11.4. The molecule has 0 saturated heterocycles. The first-order valence-electron chi connectivity index (χ1n) is 8.22. The lowest BCUT2D eigenvalue weighted by Gasteiger charge is -2.22. The van der Waals surface area contributed by atoms with Crippen LogP contribution < -0.4 is 10.2 Å². The maximum absolute atomic E-state index is 12.7. The van der Waals surface area contributed by atoms with E-state index in [0.717, 1.165) is 5.56 Å². The zero-order chi connectivity index (χ0) is 21.4. The minimum Gasteiger partial charge on any atom is -0.480 e. The molecular weight excluding hydrogens is 391 g/mol. The summed E-state index contributed by atoms with van der Waals surface area (Å²) in [5.41, 5.74) is 1.05. The number of alkyl halides is 3. The predicted molar refractivity (Wildman–Crippen MR) is 97.6 cm³/mol. The summed E-state index contributed by atoms with van der Waals surface area (Å²) >= 11 is 0. The molecule has 2 amide bonds. The Morgan fingerprint density at radius 1 is 1.14 bits per heavy atom. The number of carboxylic acid groups (broad SMARTS) is 1. The molecule has 1 aromatic heterocycles. The minimum atomic E-state index is -5.21. The number of benzene rings is 1. The van der Waals surface area contributed by atoms with Gasteiger partial charge in [-0.25, -0.2) is 0 Å². The molecule has 0 bridgehead atoms. The summed E-state index contributed by atoms with van der Waals surface area (Å²) < 4.78 is 38.0. The maximum atomic E-state index is 12.7. The number of halogens is 3. The standard InChI is InChI=1S/C19H16F3N3O4/c20-19(21,22)18(29)25(12-17(27)28)15-6-3-13(4-7-15)5-8-16(26)24-11-14-2-1-9-23-10-14/h1-10H,11-12H2,(H,24,26)(H,27,28)/b8-5+. The van der Waals surface area contributed by atoms with E-state index in [-0.39, 0.29) is 17.1 Å². The fourth-order valence-electron chi connectivity index (χ4n) is 2.26. The second-order valence-electron chi connectivity index (χ2n) is 5.79. The second kappa shape index (κ2) is 9.49. The Morgan fingerprint density at radius 2 is 1.83 bits per heavy atom. The number of aromatic nitrogens is 1. The number of aliphatic carboxylic acids is 1. The van der Waals surface area contributed by atoms with Gasteiger partial charge >= 0.3 is 18.1 Å². The third-order valence-corrected chi connectivity index (χ3v) is 3.60. The van der Waals surface area contributed by atoms with E-state index < -0.39 is 30.5 Å². The van der Waals surface area contributed by atoms with Gasteiger partial charge in [-0.1, -0.05) is 18.2 Å². The fraction of sp³-hybridized carbons (Fsp3) is 0.158. The van der Waals surface area contributed by atoms with Crippen LogP contribution in [0.5, 0.6) is 0 Å². The van der Waals surface area contributed by atoms with Crippen LogP contribution in [-0.2, 0) is 20.9 Å². The number of hydrogen-bond donors (Lipinski definition) is 2. The van der Waals surface area contributed by atoms with Crippen LogP contribution in [0.2, 0.25) is 0 Å². The first-order valence-corrected chi connectivity index (χ1v) is 8.22. The van der Waals surface area contributed by atoms with E-state index >= 15 is 0 Å². The molecule has 0 saturated carbocycles. The summed E-state index contributed by atoms with van der Waals surface area (Å²) in [5.74, 6) is -4.26. The van der Waals surface area contributed by atoms with Crippen LogP contribution in [0.4, 0.5) is 18.9 Å². The molecule has 1 aromatic carbocycles. The van der Waals surface area contributed by atoms with Crippen molar-refractivity contribution in [2.24, 2.45) is 0 Å². The van der Waals surface area contributed by atoms with E-state index in [1.807, 2.05) is 0 Å². The molecule has 0 aliphatic rings. The summed E-state index contributed by atoms with van der Waals surface area (Å²) in [6, 6.07) is 8.58. The van der Waals surface area contributed by atoms with Gasteiger partial charge in [0, 0.05) is 30.7 Å². The molecular formula is C19H16F3N3O4. The lowest BCUT2D eigenvalue weighted by atomic mass is 10.1. The number of nitrogens with zero attached hydrogens (tertiary/aromatic N) is 2. The molecule has 0 aliphatic heterocycles. The Balaban J connectivity index is 2.03. The number of rotatable bonds is 7. The highest BCUT2D eigenvalue weighted by molar-refractivity contribution is 6.00. The van der Waals surface area contributed by atoms with Gasteiger partial charge in [0.05, 0.1) is 0 Å². The number of anilines is 1. The quantitative estimate of drug-likeness (QED) is 0.687. The minimum absolute atomic E-state index is 0.121. The van der Waals surface area contributed by atoms with Crippen LogP contribution in [0.3, 0.4) is 0 Å². The topological polar surface area (TPSA) is 99.6 Å². The number of carbonyl (C=O) groups is 3. The van der Waals surface area contributed by atoms with E-state index in [4.69, 9.17) is 5.11 Å². The number of nitrogens with one attached hydrogen (secondary N) is 1. The smallest absolute Gasteiger partial charge is 0.471 e. The summed E-state index contributed by atoms with van der Waals surface area (Å²) in [6.45, 7) is -0.857. The molecule has 10 heteroatoms. The van der Waals surface area contributed by atoms with Crippen molar-refractivity contribution < 1.29 is 32.7 Å². The van der Waals surface area contributed by atoms with Gasteiger partial charge in [-0.2, -0.15) is 13.2 Å². The molecule has 29 heavy (non-hydrogen) atoms. The molecule has 0 atom stereocenters. The summed E-state index contributed by atoms with van der Waals surface area (Å²) in [7, 11) is 0. The van der Waals surface area contributed by atoms with Crippen molar-refractivity contribution in [3.63, 3.8) is 0 Å². The normalized spacial score (nSPS) is 11.3. The zero-order valence-electron chi connectivity index (χ0n) is 14.9. The summed E-state index contributed by atoms with van der Waals surface area (Å²) in [4.78, 5) is 38.1. The number of hydrogen-bond acceptors (Lipinski definition) is 4. The largest absolute Gasteiger partial charge is 0.480 e. The molecule has 0 fully saturated rings. The Morgan fingerprint density at radius 3 is 2.38 bits per heavy atom. The monoisotopic (exact) mass is 407 g/mol. The second-order valence-corrected chi connectivity index (χ2v) is 5.79. The Labute approximate surface area is 163 Å².